The summed E-state index contributed by atoms with van der Waals surface area (Å²) in [5.74, 6) is 0.738. The van der Waals surface area contributed by atoms with Crippen molar-refractivity contribution in [2.45, 2.75) is 24.1 Å². The molecule has 2 aromatic carbocycles. The Morgan fingerprint density at radius 3 is 2.60 bits per heavy atom. The van der Waals surface area contributed by atoms with Gasteiger partial charge < -0.3 is 14.8 Å². The zero-order valence-corrected chi connectivity index (χ0v) is 17.8. The largest absolute Gasteiger partial charge is 0.497 e. The molecule has 3 aromatic rings. The van der Waals surface area contributed by atoms with E-state index in [4.69, 9.17) is 9.47 Å². The van der Waals surface area contributed by atoms with Gasteiger partial charge in [-0.1, -0.05) is 11.8 Å². The fraction of sp³-hybridized carbons (Fsp3) is 0.238. The quantitative estimate of drug-likeness (QED) is 0.334. The van der Waals surface area contributed by atoms with Crippen LogP contribution in [-0.2, 0) is 4.79 Å². The number of aromatic nitrogens is 1. The maximum Gasteiger partial charge on any atom is 0.271 e. The van der Waals surface area contributed by atoms with Crippen LogP contribution < -0.4 is 14.8 Å². The lowest BCUT2D eigenvalue weighted by Gasteiger charge is -2.14. The molecule has 0 radical (unpaired) electrons. The standard InChI is InChI=1S/C21H21N3O5S/c1-12-9-20(22-17-11-15(28-3)6-7-16(12)17)30-13(2)21(25)23-18-10-14(24(26)27)5-8-19(18)29-4/h5-11,13H,1-4H3,(H,23,25)/t13-/m1/s1. The summed E-state index contributed by atoms with van der Waals surface area (Å²) < 4.78 is 10.5. The number of pyridine rings is 1. The Bertz CT molecular complexity index is 1120. The lowest BCUT2D eigenvalue weighted by Crippen LogP contribution is -2.23. The van der Waals surface area contributed by atoms with Crippen molar-refractivity contribution in [3.05, 3.63) is 58.1 Å². The second-order valence-corrected chi connectivity index (χ2v) is 7.91. The predicted octanol–water partition coefficient (Wildman–Crippen LogP) is 4.59. The second-order valence-electron chi connectivity index (χ2n) is 6.55. The van der Waals surface area contributed by atoms with Crippen LogP contribution in [0.15, 0.2) is 47.5 Å². The summed E-state index contributed by atoms with van der Waals surface area (Å²) >= 11 is 1.30. The van der Waals surface area contributed by atoms with Crippen molar-refractivity contribution in [3.63, 3.8) is 0 Å². The number of carbonyl (C=O) groups is 1. The number of benzene rings is 2. The number of amides is 1. The molecule has 0 aliphatic rings. The number of fused-ring (bicyclic) bond motifs is 1. The van der Waals surface area contributed by atoms with E-state index in [0.29, 0.717) is 16.5 Å². The van der Waals surface area contributed by atoms with Crippen molar-refractivity contribution in [2.75, 3.05) is 19.5 Å². The smallest absolute Gasteiger partial charge is 0.271 e. The summed E-state index contributed by atoms with van der Waals surface area (Å²) in [6.07, 6.45) is 0. The molecule has 0 bridgehead atoms. The van der Waals surface area contributed by atoms with Crippen molar-refractivity contribution < 1.29 is 19.2 Å². The second kappa shape index (κ2) is 9.00. The molecular formula is C21H21N3O5S. The first-order chi connectivity index (χ1) is 14.3. The van der Waals surface area contributed by atoms with Crippen molar-refractivity contribution in [1.29, 1.82) is 0 Å². The number of methoxy groups -OCH3 is 2. The molecule has 1 atom stereocenters. The van der Waals surface area contributed by atoms with Crippen LogP contribution in [0.1, 0.15) is 12.5 Å². The Morgan fingerprint density at radius 1 is 1.17 bits per heavy atom. The number of non-ortho nitro benzene ring substituents is 1. The van der Waals surface area contributed by atoms with Crippen LogP contribution in [0.3, 0.4) is 0 Å². The fourth-order valence-corrected chi connectivity index (χ4v) is 3.84. The van der Waals surface area contributed by atoms with Gasteiger partial charge in [-0.15, -0.1) is 0 Å². The van der Waals surface area contributed by atoms with Crippen LogP contribution in [0.25, 0.3) is 10.9 Å². The van der Waals surface area contributed by atoms with Crippen LogP contribution in [0, 0.1) is 17.0 Å². The van der Waals surface area contributed by atoms with E-state index in [1.165, 1.54) is 37.1 Å². The average molecular weight is 427 g/mol. The van der Waals surface area contributed by atoms with Crippen LogP contribution in [-0.4, -0.2) is 35.3 Å². The van der Waals surface area contributed by atoms with E-state index in [9.17, 15) is 14.9 Å². The number of thioether (sulfide) groups is 1. The number of hydrogen-bond donors (Lipinski definition) is 1. The number of carbonyl (C=O) groups excluding carboxylic acids is 1. The van der Waals surface area contributed by atoms with Crippen LogP contribution in [0.5, 0.6) is 11.5 Å². The number of nitrogens with zero attached hydrogens (tertiary/aromatic N) is 2. The van der Waals surface area contributed by atoms with Gasteiger partial charge in [0.05, 0.1) is 40.6 Å². The third-order valence-electron chi connectivity index (χ3n) is 4.52. The summed E-state index contributed by atoms with van der Waals surface area (Å²) in [7, 11) is 3.03. The Labute approximate surface area is 177 Å². The highest BCUT2D eigenvalue weighted by atomic mass is 32.2. The number of nitro benzene ring substituents is 1. The topological polar surface area (TPSA) is 104 Å². The number of ether oxygens (including phenoxy) is 2. The van der Waals surface area contributed by atoms with Gasteiger partial charge >= 0.3 is 0 Å². The number of rotatable bonds is 7. The third kappa shape index (κ3) is 4.62. The highest BCUT2D eigenvalue weighted by Crippen LogP contribution is 2.32. The molecule has 1 N–H and O–H groups in total. The normalized spacial score (nSPS) is 11.7. The number of nitrogens with one attached hydrogen (secondary N) is 1. The molecule has 8 nitrogen and oxygen atoms in total. The highest BCUT2D eigenvalue weighted by molar-refractivity contribution is 8.00. The van der Waals surface area contributed by atoms with Crippen LogP contribution in [0.4, 0.5) is 11.4 Å². The molecule has 30 heavy (non-hydrogen) atoms. The molecule has 156 valence electrons. The van der Waals surface area contributed by atoms with Gasteiger partial charge in [0.2, 0.25) is 5.91 Å². The minimum Gasteiger partial charge on any atom is -0.497 e. The Kier molecular flexibility index (Phi) is 6.41. The third-order valence-corrected chi connectivity index (χ3v) is 5.54. The Morgan fingerprint density at radius 2 is 1.93 bits per heavy atom. The maximum atomic E-state index is 12.7. The Balaban J connectivity index is 1.80. The highest BCUT2D eigenvalue weighted by Gasteiger charge is 2.19. The molecule has 1 heterocycles. The van der Waals surface area contributed by atoms with Gasteiger partial charge in [0, 0.05) is 23.6 Å². The number of anilines is 1. The van der Waals surface area contributed by atoms with Gasteiger partial charge in [-0.05, 0) is 43.7 Å². The van der Waals surface area contributed by atoms with Crippen molar-refractivity contribution in [3.8, 4) is 11.5 Å². The molecule has 0 fully saturated rings. The number of aryl methyl sites for hydroxylation is 1. The molecule has 0 saturated carbocycles. The van der Waals surface area contributed by atoms with E-state index >= 15 is 0 Å². The summed E-state index contributed by atoms with van der Waals surface area (Å²) in [6.45, 7) is 3.73. The zero-order valence-electron chi connectivity index (χ0n) is 17.0. The minimum absolute atomic E-state index is 0.132. The first-order valence-corrected chi connectivity index (χ1v) is 9.95. The molecule has 9 heteroatoms. The van der Waals surface area contributed by atoms with Gasteiger partial charge in [-0.25, -0.2) is 4.98 Å². The zero-order chi connectivity index (χ0) is 21.8. The summed E-state index contributed by atoms with van der Waals surface area (Å²) in [6, 6.07) is 11.7. The average Bonchev–Trinajstić information content (AvgIpc) is 2.73. The van der Waals surface area contributed by atoms with E-state index in [1.807, 2.05) is 31.2 Å². The molecule has 1 aromatic heterocycles. The summed E-state index contributed by atoms with van der Waals surface area (Å²) in [5, 5.41) is 15.0. The molecule has 3 rings (SSSR count). The van der Waals surface area contributed by atoms with Gasteiger partial charge in [0.15, 0.2) is 0 Å². The van der Waals surface area contributed by atoms with Gasteiger partial charge in [0.25, 0.3) is 5.69 Å². The first-order valence-electron chi connectivity index (χ1n) is 9.07. The van der Waals surface area contributed by atoms with E-state index in [0.717, 1.165) is 16.5 Å². The monoisotopic (exact) mass is 427 g/mol. The van der Waals surface area contributed by atoms with Gasteiger partial charge in [-0.2, -0.15) is 0 Å². The van der Waals surface area contributed by atoms with E-state index in [2.05, 4.69) is 10.3 Å². The molecule has 0 aliphatic heterocycles. The van der Waals surface area contributed by atoms with Gasteiger partial charge in [-0.3, -0.25) is 14.9 Å². The molecule has 0 aliphatic carbocycles. The summed E-state index contributed by atoms with van der Waals surface area (Å²) in [5.41, 5.74) is 1.94. The number of nitro groups is 1. The molecular weight excluding hydrogens is 406 g/mol. The molecule has 0 spiro atoms. The lowest BCUT2D eigenvalue weighted by atomic mass is 10.1. The number of hydrogen-bond acceptors (Lipinski definition) is 7. The van der Waals surface area contributed by atoms with Crippen LogP contribution >= 0.6 is 11.8 Å². The fourth-order valence-electron chi connectivity index (χ4n) is 2.91. The minimum atomic E-state index is -0.524. The van der Waals surface area contributed by atoms with E-state index in [1.54, 1.807) is 14.0 Å². The van der Waals surface area contributed by atoms with Crippen molar-refractivity contribution >= 4 is 39.9 Å². The Hall–Kier alpha value is -3.33. The maximum absolute atomic E-state index is 12.7. The molecule has 0 unspecified atom stereocenters. The lowest BCUT2D eigenvalue weighted by molar-refractivity contribution is -0.384. The van der Waals surface area contributed by atoms with E-state index < -0.39 is 10.2 Å². The van der Waals surface area contributed by atoms with Crippen LogP contribution in [0.2, 0.25) is 0 Å². The van der Waals surface area contributed by atoms with Crippen molar-refractivity contribution in [1.82, 2.24) is 4.98 Å². The molecule has 1 amide bonds. The predicted molar refractivity (Wildman–Crippen MR) is 117 cm³/mol. The molecule has 0 saturated heterocycles. The van der Waals surface area contributed by atoms with Gasteiger partial charge in [0.1, 0.15) is 11.5 Å². The summed E-state index contributed by atoms with van der Waals surface area (Å²) in [4.78, 5) is 27.8. The SMILES string of the molecule is COc1ccc2c(C)cc(S[C@H](C)C(=O)Nc3cc([N+](=O)[O-])ccc3OC)nc2c1. The van der Waals surface area contributed by atoms with Crippen molar-refractivity contribution in [2.24, 2.45) is 0 Å². The van der Waals surface area contributed by atoms with E-state index in [-0.39, 0.29) is 17.3 Å². The first kappa shape index (κ1) is 21.4.